The van der Waals surface area contributed by atoms with E-state index in [1.807, 2.05) is 18.2 Å². The van der Waals surface area contributed by atoms with Crippen molar-refractivity contribution in [3.8, 4) is 0 Å². The number of amides is 2. The van der Waals surface area contributed by atoms with Gasteiger partial charge in [0.15, 0.2) is 0 Å². The van der Waals surface area contributed by atoms with Gasteiger partial charge in [0.25, 0.3) is 0 Å². The highest BCUT2D eigenvalue weighted by molar-refractivity contribution is 6.31. The molecule has 10 heteroatoms. The largest absolute Gasteiger partial charge is 0.393 e. The van der Waals surface area contributed by atoms with Gasteiger partial charge in [-0.3, -0.25) is 14.9 Å². The van der Waals surface area contributed by atoms with Gasteiger partial charge < -0.3 is 20.8 Å². The standard InChI is InChI=1S/C31H38Cl2N4O4/c1-28(2)10-12-30(13-11-28)31(21-4-3-19(32)16-22(21)36-27(31)40)24(18-7-14-34-23(33)15-18)25(37-30)26(39)35-20-5-8-29(41,17-38)9-6-20/h3-4,7,14-16,20,24-25,37-38,41H,5-6,8-13,17H2,1-2H3,(H,35,39)(H,36,40)/t20-,24-,25+,29+,31+/m0/s1. The molecule has 1 saturated heterocycles. The smallest absolute Gasteiger partial charge is 0.238 e. The minimum atomic E-state index is -1.10. The minimum Gasteiger partial charge on any atom is -0.393 e. The molecule has 2 saturated carbocycles. The summed E-state index contributed by atoms with van der Waals surface area (Å²) in [4.78, 5) is 33.0. The Balaban J connectivity index is 1.47. The summed E-state index contributed by atoms with van der Waals surface area (Å²) >= 11 is 12.8. The Labute approximate surface area is 250 Å². The van der Waals surface area contributed by atoms with Gasteiger partial charge in [-0.2, -0.15) is 0 Å². The fourth-order valence-electron chi connectivity index (χ4n) is 8.04. The number of hydrogen-bond acceptors (Lipinski definition) is 6. The second-order valence-electron chi connectivity index (χ2n) is 13.4. The van der Waals surface area contributed by atoms with Gasteiger partial charge in [0.05, 0.1) is 18.2 Å². The van der Waals surface area contributed by atoms with Crippen LogP contribution < -0.4 is 16.0 Å². The predicted molar refractivity (Wildman–Crippen MR) is 158 cm³/mol. The van der Waals surface area contributed by atoms with Gasteiger partial charge in [0.1, 0.15) is 10.6 Å². The van der Waals surface area contributed by atoms with E-state index in [-0.39, 0.29) is 29.9 Å². The number of carbonyl (C=O) groups excluding carboxylic acids is 2. The van der Waals surface area contributed by atoms with Gasteiger partial charge in [0, 0.05) is 34.4 Å². The van der Waals surface area contributed by atoms with E-state index in [9.17, 15) is 19.8 Å². The molecule has 41 heavy (non-hydrogen) atoms. The molecule has 3 atom stereocenters. The van der Waals surface area contributed by atoms with Crippen molar-refractivity contribution in [1.29, 1.82) is 0 Å². The van der Waals surface area contributed by atoms with Crippen molar-refractivity contribution in [2.24, 2.45) is 5.41 Å². The Morgan fingerprint density at radius 3 is 2.44 bits per heavy atom. The molecule has 8 nitrogen and oxygen atoms in total. The number of nitrogens with zero attached hydrogens (tertiary/aromatic N) is 1. The first-order valence-corrected chi connectivity index (χ1v) is 15.3. The predicted octanol–water partition coefficient (Wildman–Crippen LogP) is 4.46. The number of halogens is 2. The third-order valence-corrected chi connectivity index (χ3v) is 10.8. The van der Waals surface area contributed by atoms with E-state index in [1.54, 1.807) is 18.3 Å². The number of rotatable bonds is 4. The molecule has 2 aromatic rings. The number of hydrogen-bond donors (Lipinski definition) is 5. The number of fused-ring (bicyclic) bond motifs is 3. The van der Waals surface area contributed by atoms with Crippen LogP contribution in [0.4, 0.5) is 5.69 Å². The van der Waals surface area contributed by atoms with Crippen LogP contribution in [0.1, 0.15) is 82.3 Å². The van der Waals surface area contributed by atoms with Crippen LogP contribution in [0.15, 0.2) is 36.5 Å². The number of carbonyl (C=O) groups is 2. The molecule has 2 spiro atoms. The summed E-state index contributed by atoms with van der Waals surface area (Å²) in [6.07, 6.45) is 6.83. The van der Waals surface area contributed by atoms with Crippen LogP contribution in [0, 0.1) is 5.41 Å². The molecule has 0 bridgehead atoms. The lowest BCUT2D eigenvalue weighted by Crippen LogP contribution is -2.61. The fourth-order valence-corrected chi connectivity index (χ4v) is 8.40. The molecule has 2 aliphatic carbocycles. The van der Waals surface area contributed by atoms with Crippen molar-refractivity contribution in [3.63, 3.8) is 0 Å². The normalized spacial score (nSPS) is 33.5. The topological polar surface area (TPSA) is 124 Å². The van der Waals surface area contributed by atoms with Crippen molar-refractivity contribution in [1.82, 2.24) is 15.6 Å². The molecule has 3 heterocycles. The van der Waals surface area contributed by atoms with E-state index in [4.69, 9.17) is 23.2 Å². The van der Waals surface area contributed by atoms with Crippen molar-refractivity contribution in [2.45, 2.75) is 99.8 Å². The Morgan fingerprint density at radius 2 is 1.78 bits per heavy atom. The lowest BCUT2D eigenvalue weighted by molar-refractivity contribution is -0.125. The Hall–Kier alpha value is -2.23. The number of benzene rings is 1. The van der Waals surface area contributed by atoms with Crippen molar-refractivity contribution >= 4 is 40.7 Å². The summed E-state index contributed by atoms with van der Waals surface area (Å²) in [5.41, 5.74) is -0.451. The van der Waals surface area contributed by atoms with Gasteiger partial charge in [-0.1, -0.05) is 43.1 Å². The summed E-state index contributed by atoms with van der Waals surface area (Å²) in [6, 6.07) is 8.31. The summed E-state index contributed by atoms with van der Waals surface area (Å²) in [5, 5.41) is 31.1. The Bertz CT molecular complexity index is 1370. The Morgan fingerprint density at radius 1 is 1.07 bits per heavy atom. The van der Waals surface area contributed by atoms with Crippen LogP contribution >= 0.6 is 23.2 Å². The van der Waals surface area contributed by atoms with Gasteiger partial charge in [-0.25, -0.2) is 4.98 Å². The van der Waals surface area contributed by atoms with Crippen LogP contribution in [0.5, 0.6) is 0 Å². The number of aliphatic hydroxyl groups excluding tert-OH is 1. The average molecular weight is 602 g/mol. The third-order valence-electron chi connectivity index (χ3n) is 10.4. The molecule has 4 aliphatic rings. The van der Waals surface area contributed by atoms with Gasteiger partial charge in [0.2, 0.25) is 11.8 Å². The molecular formula is C31H38Cl2N4O4. The number of pyridine rings is 1. The lowest BCUT2D eigenvalue weighted by atomic mass is 9.53. The SMILES string of the molecule is CC1(C)CCC2(CC1)N[C@@H](C(=O)N[C@H]1CC[C@](O)(CO)CC1)[C@H](c1ccnc(Cl)c1)[C@]21C(=O)Nc2cc(Cl)ccc21. The molecule has 1 aromatic carbocycles. The zero-order valence-electron chi connectivity index (χ0n) is 23.5. The van der Waals surface area contributed by atoms with Crippen LogP contribution in [-0.4, -0.2) is 56.8 Å². The van der Waals surface area contributed by atoms with E-state index in [0.717, 1.165) is 36.8 Å². The third kappa shape index (κ3) is 4.67. The second-order valence-corrected chi connectivity index (χ2v) is 14.2. The molecule has 1 aromatic heterocycles. The van der Waals surface area contributed by atoms with Crippen molar-refractivity contribution in [2.75, 3.05) is 11.9 Å². The zero-order valence-corrected chi connectivity index (χ0v) is 25.0. The summed E-state index contributed by atoms with van der Waals surface area (Å²) in [6.45, 7) is 4.22. The first-order chi connectivity index (χ1) is 19.4. The van der Waals surface area contributed by atoms with E-state index in [0.29, 0.717) is 41.5 Å². The van der Waals surface area contributed by atoms with Crippen LogP contribution in [-0.2, 0) is 15.0 Å². The van der Waals surface area contributed by atoms with Crippen molar-refractivity contribution in [3.05, 3.63) is 57.8 Å². The highest BCUT2D eigenvalue weighted by Crippen LogP contribution is 2.63. The first-order valence-electron chi connectivity index (χ1n) is 14.6. The number of aliphatic hydroxyl groups is 2. The molecule has 5 N–H and O–H groups in total. The van der Waals surface area contributed by atoms with Crippen LogP contribution in [0.25, 0.3) is 0 Å². The summed E-state index contributed by atoms with van der Waals surface area (Å²) < 4.78 is 0. The molecule has 6 rings (SSSR count). The zero-order chi connectivity index (χ0) is 29.2. The second kappa shape index (κ2) is 10.2. The highest BCUT2D eigenvalue weighted by atomic mass is 35.5. The maximum atomic E-state index is 14.5. The molecule has 0 unspecified atom stereocenters. The number of aromatic nitrogens is 1. The molecule has 2 aliphatic heterocycles. The Kier molecular flexibility index (Phi) is 7.18. The average Bonchev–Trinajstić information content (AvgIpc) is 3.39. The number of anilines is 1. The van der Waals surface area contributed by atoms with Gasteiger partial charge >= 0.3 is 0 Å². The highest BCUT2D eigenvalue weighted by Gasteiger charge is 2.72. The first kappa shape index (κ1) is 28.9. The number of nitrogens with one attached hydrogen (secondary N) is 3. The monoisotopic (exact) mass is 600 g/mol. The van der Waals surface area contributed by atoms with E-state index >= 15 is 0 Å². The minimum absolute atomic E-state index is 0.118. The molecule has 3 fully saturated rings. The van der Waals surface area contributed by atoms with Crippen LogP contribution in [0.3, 0.4) is 0 Å². The summed E-state index contributed by atoms with van der Waals surface area (Å²) in [5.74, 6) is -0.885. The van der Waals surface area contributed by atoms with E-state index < -0.39 is 28.5 Å². The molecule has 0 radical (unpaired) electrons. The van der Waals surface area contributed by atoms with Gasteiger partial charge in [-0.15, -0.1) is 0 Å². The molecule has 2 amide bonds. The summed E-state index contributed by atoms with van der Waals surface area (Å²) in [7, 11) is 0. The van der Waals surface area contributed by atoms with Crippen molar-refractivity contribution < 1.29 is 19.8 Å². The fraction of sp³-hybridized carbons (Fsp3) is 0.581. The molecule has 220 valence electrons. The maximum absolute atomic E-state index is 14.5. The maximum Gasteiger partial charge on any atom is 0.238 e. The molecular weight excluding hydrogens is 563 g/mol. The van der Waals surface area contributed by atoms with Gasteiger partial charge in [-0.05, 0) is 92.2 Å². The van der Waals surface area contributed by atoms with E-state index in [2.05, 4.69) is 34.8 Å². The van der Waals surface area contributed by atoms with E-state index in [1.165, 1.54) is 0 Å². The quantitative estimate of drug-likeness (QED) is 0.330. The van der Waals surface area contributed by atoms with Crippen LogP contribution in [0.2, 0.25) is 10.2 Å². The lowest BCUT2D eigenvalue weighted by Gasteiger charge is -2.50.